The molecule has 0 amide bonds. The fourth-order valence-electron chi connectivity index (χ4n) is 3.12. The number of carbonyl (C=O) groups is 3. The number of rotatable bonds is 4. The van der Waals surface area contributed by atoms with Crippen LogP contribution in [0.2, 0.25) is 0 Å². The Kier molecular flexibility index (Phi) is 4.29. The summed E-state index contributed by atoms with van der Waals surface area (Å²) in [6.45, 7) is 5.75. The maximum atomic E-state index is 13.1. The van der Waals surface area contributed by atoms with E-state index < -0.39 is 23.1 Å². The fraction of sp³-hybridized carbons (Fsp3) is 0.286. The number of carbonyl (C=O) groups excluding carboxylic acids is 3. The molecule has 4 heteroatoms. The lowest BCUT2D eigenvalue weighted by Crippen LogP contribution is -2.43. The van der Waals surface area contributed by atoms with Gasteiger partial charge < -0.3 is 4.74 Å². The molecule has 2 aromatic carbocycles. The second-order valence-corrected chi connectivity index (χ2v) is 6.49. The smallest absolute Gasteiger partial charge is 0.307 e. The topological polar surface area (TPSA) is 60.4 Å². The summed E-state index contributed by atoms with van der Waals surface area (Å²) >= 11 is 0. The molecule has 0 unspecified atom stereocenters. The molecular weight excluding hydrogens is 316 g/mol. The van der Waals surface area contributed by atoms with Crippen molar-refractivity contribution in [3.05, 3.63) is 70.8 Å². The van der Waals surface area contributed by atoms with Crippen LogP contribution in [0.1, 0.15) is 65.0 Å². The Labute approximate surface area is 146 Å². The molecule has 128 valence electrons. The summed E-state index contributed by atoms with van der Waals surface area (Å²) in [6.07, 6.45) is 0.0860. The summed E-state index contributed by atoms with van der Waals surface area (Å²) in [6, 6.07) is 13.7. The Morgan fingerprint density at radius 3 is 1.92 bits per heavy atom. The lowest BCUT2D eigenvalue weighted by molar-refractivity contribution is -0.152. The molecule has 0 saturated heterocycles. The number of hydrogen-bond acceptors (Lipinski definition) is 4. The number of Topliss-reactive ketones (excluding diaryl/α,β-unsaturated/α-hetero) is 2. The summed E-state index contributed by atoms with van der Waals surface area (Å²) in [5.74, 6) is -1.22. The minimum atomic E-state index is -1.91. The summed E-state index contributed by atoms with van der Waals surface area (Å²) in [5.41, 5.74) is 0.154. The van der Waals surface area contributed by atoms with Gasteiger partial charge in [-0.2, -0.15) is 0 Å². The molecule has 4 nitrogen and oxygen atoms in total. The van der Waals surface area contributed by atoms with Gasteiger partial charge in [0.15, 0.2) is 0 Å². The van der Waals surface area contributed by atoms with Gasteiger partial charge in [0.25, 0.3) is 5.60 Å². The lowest BCUT2D eigenvalue weighted by Gasteiger charge is -2.26. The maximum Gasteiger partial charge on any atom is 0.307 e. The predicted octanol–water partition coefficient (Wildman–Crippen LogP) is 4.04. The van der Waals surface area contributed by atoms with Gasteiger partial charge in [0.2, 0.25) is 11.6 Å². The van der Waals surface area contributed by atoms with E-state index >= 15 is 0 Å². The van der Waals surface area contributed by atoms with E-state index in [1.165, 1.54) is 0 Å². The first kappa shape index (κ1) is 17.1. The molecule has 0 saturated carbocycles. The van der Waals surface area contributed by atoms with E-state index in [0.717, 1.165) is 5.56 Å². The third-order valence-corrected chi connectivity index (χ3v) is 4.60. The number of benzene rings is 2. The highest BCUT2D eigenvalue weighted by Crippen LogP contribution is 2.41. The maximum absolute atomic E-state index is 13.1. The van der Waals surface area contributed by atoms with E-state index in [9.17, 15) is 14.4 Å². The molecule has 0 radical (unpaired) electrons. The number of esters is 1. The molecule has 2 aromatic rings. The third-order valence-electron chi connectivity index (χ3n) is 4.60. The first-order valence-corrected chi connectivity index (χ1v) is 8.42. The molecule has 1 aliphatic rings. The van der Waals surface area contributed by atoms with Crippen molar-refractivity contribution in [1.29, 1.82) is 0 Å². The average Bonchev–Trinajstić information content (AvgIpc) is 2.84. The fourth-order valence-corrected chi connectivity index (χ4v) is 3.12. The van der Waals surface area contributed by atoms with Crippen LogP contribution in [0.5, 0.6) is 0 Å². The minimum absolute atomic E-state index is 0.0860. The average molecular weight is 336 g/mol. The van der Waals surface area contributed by atoms with Gasteiger partial charge in [-0.05, 0) is 11.5 Å². The van der Waals surface area contributed by atoms with Crippen molar-refractivity contribution < 1.29 is 19.1 Å². The molecule has 25 heavy (non-hydrogen) atoms. The Morgan fingerprint density at radius 2 is 1.48 bits per heavy atom. The lowest BCUT2D eigenvalue weighted by atomic mass is 9.87. The highest BCUT2D eigenvalue weighted by atomic mass is 16.6. The van der Waals surface area contributed by atoms with E-state index in [1.54, 1.807) is 43.3 Å². The number of ether oxygens (including phenoxy) is 1. The van der Waals surface area contributed by atoms with E-state index in [4.69, 9.17) is 4.74 Å². The normalized spacial score (nSPS) is 15.4. The van der Waals surface area contributed by atoms with Crippen LogP contribution in [0.4, 0.5) is 0 Å². The van der Waals surface area contributed by atoms with Crippen molar-refractivity contribution >= 4 is 17.5 Å². The SMILES string of the molecule is CCC(=O)OC1(c2ccc(C(C)C)cc2)C(=O)c2ccccc2C1=O. The Morgan fingerprint density at radius 1 is 0.960 bits per heavy atom. The molecule has 0 aliphatic heterocycles. The zero-order valence-electron chi connectivity index (χ0n) is 14.5. The largest absolute Gasteiger partial charge is 0.437 e. The van der Waals surface area contributed by atoms with Crippen LogP contribution in [0.25, 0.3) is 0 Å². The van der Waals surface area contributed by atoms with Crippen LogP contribution in [-0.2, 0) is 15.1 Å². The van der Waals surface area contributed by atoms with E-state index in [2.05, 4.69) is 13.8 Å². The van der Waals surface area contributed by atoms with Crippen LogP contribution in [0.3, 0.4) is 0 Å². The van der Waals surface area contributed by atoms with Crippen molar-refractivity contribution in [1.82, 2.24) is 0 Å². The number of ketones is 2. The molecule has 0 spiro atoms. The molecule has 1 aliphatic carbocycles. The zero-order chi connectivity index (χ0) is 18.2. The number of hydrogen-bond donors (Lipinski definition) is 0. The van der Waals surface area contributed by atoms with Crippen LogP contribution in [0, 0.1) is 0 Å². The van der Waals surface area contributed by atoms with Gasteiger partial charge in [0, 0.05) is 23.1 Å². The number of fused-ring (bicyclic) bond motifs is 1. The minimum Gasteiger partial charge on any atom is -0.437 e. The van der Waals surface area contributed by atoms with E-state index in [1.807, 2.05) is 12.1 Å². The second kappa shape index (κ2) is 6.28. The van der Waals surface area contributed by atoms with E-state index in [-0.39, 0.29) is 6.42 Å². The highest BCUT2D eigenvalue weighted by molar-refractivity contribution is 6.32. The third kappa shape index (κ3) is 2.58. The van der Waals surface area contributed by atoms with Crippen LogP contribution < -0.4 is 0 Å². The quantitative estimate of drug-likeness (QED) is 0.624. The van der Waals surface area contributed by atoms with Gasteiger partial charge in [0.1, 0.15) is 0 Å². The Hall–Kier alpha value is -2.75. The molecule has 3 rings (SSSR count). The zero-order valence-corrected chi connectivity index (χ0v) is 14.5. The van der Waals surface area contributed by atoms with Crippen molar-refractivity contribution in [2.24, 2.45) is 0 Å². The van der Waals surface area contributed by atoms with Crippen molar-refractivity contribution in [3.63, 3.8) is 0 Å². The van der Waals surface area contributed by atoms with Gasteiger partial charge in [-0.1, -0.05) is 69.3 Å². The standard InChI is InChI=1S/C21H20O4/c1-4-18(22)25-21(15-11-9-14(10-12-15)13(2)3)19(23)16-7-5-6-8-17(16)20(21)24/h5-13H,4H2,1-3H3. The highest BCUT2D eigenvalue weighted by Gasteiger charge is 2.57. The van der Waals surface area contributed by atoms with Crippen molar-refractivity contribution in [3.8, 4) is 0 Å². The summed E-state index contributed by atoms with van der Waals surface area (Å²) in [4.78, 5) is 38.2. The molecule has 0 bridgehead atoms. The van der Waals surface area contributed by atoms with Gasteiger partial charge in [0.05, 0.1) is 0 Å². The van der Waals surface area contributed by atoms with Crippen LogP contribution >= 0.6 is 0 Å². The summed E-state index contributed by atoms with van der Waals surface area (Å²) < 4.78 is 5.50. The first-order chi connectivity index (χ1) is 11.9. The first-order valence-electron chi connectivity index (χ1n) is 8.42. The predicted molar refractivity (Wildman–Crippen MR) is 93.7 cm³/mol. The second-order valence-electron chi connectivity index (χ2n) is 6.49. The van der Waals surface area contributed by atoms with Crippen LogP contribution in [0.15, 0.2) is 48.5 Å². The van der Waals surface area contributed by atoms with Crippen molar-refractivity contribution in [2.75, 3.05) is 0 Å². The molecule has 0 N–H and O–H groups in total. The van der Waals surface area contributed by atoms with Gasteiger partial charge in [-0.25, -0.2) is 0 Å². The molecule has 0 aromatic heterocycles. The molecule has 0 fully saturated rings. The van der Waals surface area contributed by atoms with E-state index in [0.29, 0.717) is 22.6 Å². The summed E-state index contributed by atoms with van der Waals surface area (Å²) in [5, 5.41) is 0. The van der Waals surface area contributed by atoms with Gasteiger partial charge in [-0.15, -0.1) is 0 Å². The molecular formula is C21H20O4. The Balaban J connectivity index is 2.17. The molecule has 0 atom stereocenters. The Bertz CT molecular complexity index is 811. The van der Waals surface area contributed by atoms with Crippen LogP contribution in [-0.4, -0.2) is 17.5 Å². The molecule has 0 heterocycles. The van der Waals surface area contributed by atoms with Crippen molar-refractivity contribution in [2.45, 2.75) is 38.7 Å². The summed E-state index contributed by atoms with van der Waals surface area (Å²) in [7, 11) is 0. The monoisotopic (exact) mass is 336 g/mol. The van der Waals surface area contributed by atoms with Gasteiger partial charge in [-0.3, -0.25) is 14.4 Å². The van der Waals surface area contributed by atoms with Gasteiger partial charge >= 0.3 is 5.97 Å².